The van der Waals surface area contributed by atoms with Crippen molar-refractivity contribution in [1.82, 2.24) is 39.6 Å². The number of fused-ring (bicyclic) bond motifs is 5. The molecule has 10 N–H and O–H groups in total. The number of alkyl carbamates (subject to hydrolysis) is 1. The highest BCUT2D eigenvalue weighted by molar-refractivity contribution is 7.66. The summed E-state index contributed by atoms with van der Waals surface area (Å²) in [6.07, 6.45) is -2.38. The molecule has 31 heteroatoms. The standard InChI is InChI=1S/C54H67N10O18P3/c1-10-63-37-23-39-35(21-33(37)29(3)25-53(63,5)6)43(36-22-34-30(4)26-54(7,8)64(11-2)38(34)24-40(36)78-39)31-15-12-13-16-32(31)49(68)61(9)20-14-17-42(65)56-18-19-57-52(69)80-46-41(27-77-84(73,74)82-85(75,76)81-83(70,71)72)79-50(45(46)66)62-28-58-44-47(62)59-51(55)60-48(44)67/h12-13,15-16,21-26,28,41,45-46,50,66H,10-11,14,17-20,27H2,1-9H3,(H8-,55,56,57,59,60,65,67,69,70,71,72,73,74,75,76)/p+1/t41-,45-,46-,50-/m1/s1. The SMILES string of the molecule is CCN1c2cc3c(cc2C(C)=CC1(C)C)C(c1ccccc1C(=O)N(C)CCCC(=O)NCCNC(=O)O[C@H]1[C@@H](O)[C@H](n2cnc4c(=O)[nH]c(N)nc42)O[C@@H]1COP(=O)(O)OP(=O)(O)OP(=O)(O)O)=c1cc2c(cc1O3)=[N+](CC)C(C)(C)C=C2C. The molecule has 1 fully saturated rings. The number of aromatic amines is 1. The average molecular weight is 1240 g/mol. The van der Waals surface area contributed by atoms with E-state index < -0.39 is 72.2 Å². The van der Waals surface area contributed by atoms with Crippen molar-refractivity contribution in [2.24, 2.45) is 0 Å². The fraction of sp³-hybridized carbons (Fsp3) is 0.426. The Bertz CT molecular complexity index is 3950. The molecule has 3 amide bonds. The number of carbonyl (C=O) groups excluding carboxylic acids is 3. The maximum atomic E-state index is 14.7. The summed E-state index contributed by atoms with van der Waals surface area (Å²) >= 11 is 0. The number of hydrogen-bond donors (Lipinski definition) is 9. The molecule has 456 valence electrons. The molecule has 85 heavy (non-hydrogen) atoms. The molecule has 0 saturated carbocycles. The second-order valence-corrected chi connectivity index (χ2v) is 26.3. The number of rotatable bonds is 20. The lowest BCUT2D eigenvalue weighted by molar-refractivity contribution is -0.121. The van der Waals surface area contributed by atoms with Crippen LogP contribution in [0.4, 0.5) is 16.4 Å². The van der Waals surface area contributed by atoms with Crippen molar-refractivity contribution in [3.8, 4) is 11.5 Å². The maximum absolute atomic E-state index is 14.7. The molecule has 5 aromatic rings. The Kier molecular flexibility index (Phi) is 17.5. The van der Waals surface area contributed by atoms with E-state index in [1.54, 1.807) is 18.0 Å². The Balaban J connectivity index is 0.866. The van der Waals surface area contributed by atoms with Gasteiger partial charge in [0.05, 0.1) is 24.5 Å². The van der Waals surface area contributed by atoms with Crippen LogP contribution < -0.4 is 46.7 Å². The summed E-state index contributed by atoms with van der Waals surface area (Å²) in [5.41, 5.74) is 12.3. The van der Waals surface area contributed by atoms with E-state index in [0.29, 0.717) is 22.6 Å². The van der Waals surface area contributed by atoms with Gasteiger partial charge in [-0.15, -0.1) is 0 Å². The number of nitrogens with one attached hydrogen (secondary N) is 3. The van der Waals surface area contributed by atoms with Gasteiger partial charge in [-0.2, -0.15) is 13.6 Å². The normalized spacial score (nSPS) is 20.8. The molecule has 6 atom stereocenters. The summed E-state index contributed by atoms with van der Waals surface area (Å²) < 4.78 is 69.4. The van der Waals surface area contributed by atoms with Crippen molar-refractivity contribution >= 4 is 80.9 Å². The minimum atomic E-state index is -5.93. The molecule has 0 radical (unpaired) electrons. The Morgan fingerprint density at radius 2 is 1.61 bits per heavy atom. The Morgan fingerprint density at radius 3 is 2.32 bits per heavy atom. The van der Waals surface area contributed by atoms with E-state index in [0.717, 1.165) is 73.7 Å². The van der Waals surface area contributed by atoms with E-state index in [-0.39, 0.29) is 66.6 Å². The van der Waals surface area contributed by atoms with Crippen molar-refractivity contribution in [1.29, 1.82) is 0 Å². The van der Waals surface area contributed by atoms with Crippen molar-refractivity contribution in [2.75, 3.05) is 57.0 Å². The number of phosphoric ester groups is 1. The lowest BCUT2D eigenvalue weighted by atomic mass is 9.83. The predicted octanol–water partition coefficient (Wildman–Crippen LogP) is 4.15. The number of amides is 3. The van der Waals surface area contributed by atoms with Crippen LogP contribution in [-0.4, -0.2) is 143 Å². The molecule has 0 aliphatic carbocycles. The van der Waals surface area contributed by atoms with Gasteiger partial charge in [-0.25, -0.2) is 28.0 Å². The molecule has 3 aromatic carbocycles. The number of carbonyl (C=O) groups is 3. The van der Waals surface area contributed by atoms with Crippen molar-refractivity contribution in [3.05, 3.63) is 116 Å². The minimum absolute atomic E-state index is 0.00805. The lowest BCUT2D eigenvalue weighted by Gasteiger charge is -2.43. The second-order valence-electron chi connectivity index (χ2n) is 21.9. The third-order valence-corrected chi connectivity index (χ3v) is 18.8. The number of aromatic nitrogens is 4. The number of anilines is 2. The highest BCUT2D eigenvalue weighted by atomic mass is 31.3. The molecule has 4 aliphatic heterocycles. The Morgan fingerprint density at radius 1 is 0.906 bits per heavy atom. The van der Waals surface area contributed by atoms with Crippen LogP contribution >= 0.6 is 23.5 Å². The monoisotopic (exact) mass is 1240 g/mol. The number of imidazole rings is 1. The van der Waals surface area contributed by atoms with Crippen LogP contribution in [0, 0.1) is 0 Å². The number of H-pyrrole nitrogens is 1. The number of allylic oxidation sites excluding steroid dienone is 2. The molecule has 9 rings (SSSR count). The molecule has 0 bridgehead atoms. The number of nitrogen functional groups attached to an aromatic ring is 1. The van der Waals surface area contributed by atoms with Crippen molar-refractivity contribution < 1.29 is 80.1 Å². The van der Waals surface area contributed by atoms with Gasteiger partial charge in [0.25, 0.3) is 11.5 Å². The first kappa shape index (κ1) is 62.6. The number of benzene rings is 3. The molecule has 1 saturated heterocycles. The summed E-state index contributed by atoms with van der Waals surface area (Å²) in [6, 6.07) is 16.1. The van der Waals surface area contributed by atoms with Gasteiger partial charge >= 0.3 is 29.6 Å². The summed E-state index contributed by atoms with van der Waals surface area (Å²) in [7, 11) is -15.7. The zero-order valence-electron chi connectivity index (χ0n) is 48.0. The lowest BCUT2D eigenvalue weighted by Crippen LogP contribution is -2.49. The second kappa shape index (κ2) is 23.8. The quantitative estimate of drug-likeness (QED) is 0.0294. The third kappa shape index (κ3) is 13.1. The van der Waals surface area contributed by atoms with Gasteiger partial charge in [0.2, 0.25) is 17.2 Å². The van der Waals surface area contributed by atoms with Gasteiger partial charge in [-0.05, 0) is 88.9 Å². The van der Waals surface area contributed by atoms with E-state index in [2.05, 4.69) is 135 Å². The molecule has 2 unspecified atom stereocenters. The van der Waals surface area contributed by atoms with Crippen LogP contribution in [0.3, 0.4) is 0 Å². The van der Waals surface area contributed by atoms with Gasteiger partial charge < -0.3 is 65.1 Å². The maximum Gasteiger partial charge on any atom is 0.490 e. The number of likely N-dealkylation sites (N-methyl/N-ethyl adjacent to an activating group) is 2. The predicted molar refractivity (Wildman–Crippen MR) is 310 cm³/mol. The minimum Gasteiger partial charge on any atom is -0.456 e. The molecule has 0 spiro atoms. The van der Waals surface area contributed by atoms with E-state index in [4.69, 9.17) is 34.3 Å². The third-order valence-electron chi connectivity index (χ3n) is 15.0. The first-order valence-corrected chi connectivity index (χ1v) is 31.6. The molecular weight excluding hydrogens is 1170 g/mol. The number of aliphatic hydroxyl groups is 1. The molecule has 2 aromatic heterocycles. The summed E-state index contributed by atoms with van der Waals surface area (Å²) in [4.78, 5) is 105. The Hall–Kier alpha value is -6.90. The number of aliphatic hydroxyl groups excluding tert-OH is 1. The molecular formula is C54H68N10O18P3+. The number of phosphoric acid groups is 3. The summed E-state index contributed by atoms with van der Waals surface area (Å²) in [5.74, 6) is 0.321. The van der Waals surface area contributed by atoms with Crippen LogP contribution in [0.2, 0.25) is 0 Å². The summed E-state index contributed by atoms with van der Waals surface area (Å²) in [6.45, 7) is 17.5. The highest BCUT2D eigenvalue weighted by Gasteiger charge is 2.50. The smallest absolute Gasteiger partial charge is 0.456 e. The zero-order valence-corrected chi connectivity index (χ0v) is 50.6. The molecule has 28 nitrogen and oxygen atoms in total. The van der Waals surface area contributed by atoms with Gasteiger partial charge in [-0.3, -0.25) is 28.5 Å². The van der Waals surface area contributed by atoms with E-state index in [1.165, 1.54) is 0 Å². The Labute approximate surface area is 487 Å². The fourth-order valence-electron chi connectivity index (χ4n) is 11.6. The van der Waals surface area contributed by atoms with Crippen LogP contribution in [0.5, 0.6) is 11.5 Å². The van der Waals surface area contributed by atoms with Gasteiger partial charge in [0, 0.05) is 98.3 Å². The van der Waals surface area contributed by atoms with Crippen molar-refractivity contribution in [2.45, 2.75) is 104 Å². The first-order chi connectivity index (χ1) is 39.8. The average Bonchev–Trinajstić information content (AvgIpc) is 1.39. The highest BCUT2D eigenvalue weighted by Crippen LogP contribution is 2.66. The molecule has 4 aliphatic rings. The van der Waals surface area contributed by atoms with E-state index >= 15 is 0 Å². The molecule has 6 heterocycles. The van der Waals surface area contributed by atoms with Gasteiger partial charge in [-0.1, -0.05) is 24.3 Å². The van der Waals surface area contributed by atoms with Crippen LogP contribution in [-0.2, 0) is 41.1 Å². The van der Waals surface area contributed by atoms with Crippen LogP contribution in [0.15, 0.2) is 71.8 Å². The number of nitrogens with two attached hydrogens (primary N) is 1. The summed E-state index contributed by atoms with van der Waals surface area (Å²) in [5, 5.41) is 18.4. The van der Waals surface area contributed by atoms with Crippen LogP contribution in [0.25, 0.3) is 27.9 Å². The van der Waals surface area contributed by atoms with E-state index in [1.807, 2.05) is 18.2 Å². The van der Waals surface area contributed by atoms with Crippen molar-refractivity contribution in [3.63, 3.8) is 0 Å². The first-order valence-electron chi connectivity index (χ1n) is 27.1. The number of nitrogens with zero attached hydrogens (tertiary/aromatic N) is 6. The zero-order chi connectivity index (χ0) is 61.9. The fourth-order valence-corrected chi connectivity index (χ4v) is 14.6. The largest absolute Gasteiger partial charge is 0.490 e. The van der Waals surface area contributed by atoms with Crippen LogP contribution in [0.1, 0.15) is 107 Å². The van der Waals surface area contributed by atoms with Gasteiger partial charge in [0.15, 0.2) is 29.0 Å². The van der Waals surface area contributed by atoms with Gasteiger partial charge in [0.1, 0.15) is 30.3 Å². The topological polar surface area (TPSA) is 382 Å². The number of hydrogen-bond acceptors (Lipinski definition) is 18. The number of ether oxygens (including phenoxy) is 3. The van der Waals surface area contributed by atoms with E-state index in [9.17, 15) is 47.8 Å².